The molecule has 2 saturated carbocycles. The summed E-state index contributed by atoms with van der Waals surface area (Å²) in [6.07, 6.45) is 11.8. The number of nitrogens with zero attached hydrogens (tertiary/aromatic N) is 2. The van der Waals surface area contributed by atoms with Crippen LogP contribution in [0.4, 0.5) is 0 Å². The van der Waals surface area contributed by atoms with E-state index in [0.717, 1.165) is 18.5 Å². The van der Waals surface area contributed by atoms with Gasteiger partial charge in [0.1, 0.15) is 0 Å². The topological polar surface area (TPSA) is 29.9 Å². The Morgan fingerprint density at radius 3 is 2.71 bits per heavy atom. The normalized spacial score (nSPS) is 21.9. The van der Waals surface area contributed by atoms with Crippen molar-refractivity contribution in [3.05, 3.63) is 17.5 Å². The predicted octanol–water partition coefficient (Wildman–Crippen LogP) is 2.72. The van der Waals surface area contributed by atoms with Crippen molar-refractivity contribution in [3.8, 4) is 0 Å². The lowest BCUT2D eigenvalue weighted by atomic mass is 9.85. The van der Waals surface area contributed by atoms with Crippen LogP contribution < -0.4 is 5.32 Å². The van der Waals surface area contributed by atoms with Crippen LogP contribution in [-0.4, -0.2) is 15.8 Å². The van der Waals surface area contributed by atoms with Gasteiger partial charge in [-0.1, -0.05) is 19.3 Å². The molecule has 1 aromatic heterocycles. The fourth-order valence-electron chi connectivity index (χ4n) is 2.95. The zero-order valence-corrected chi connectivity index (χ0v) is 10.8. The molecular formula is C14H23N3. The van der Waals surface area contributed by atoms with Gasteiger partial charge in [0.15, 0.2) is 0 Å². The minimum atomic E-state index is 0.723. The molecule has 1 N–H and O–H groups in total. The molecule has 0 spiro atoms. The highest BCUT2D eigenvalue weighted by Crippen LogP contribution is 2.33. The van der Waals surface area contributed by atoms with Crippen molar-refractivity contribution in [3.63, 3.8) is 0 Å². The van der Waals surface area contributed by atoms with Gasteiger partial charge in [0.05, 0.1) is 5.69 Å². The Morgan fingerprint density at radius 1 is 1.24 bits per heavy atom. The first kappa shape index (κ1) is 11.3. The first-order valence-electron chi connectivity index (χ1n) is 7.09. The van der Waals surface area contributed by atoms with Gasteiger partial charge in [0, 0.05) is 37.3 Å². The molecule has 0 aromatic carbocycles. The summed E-state index contributed by atoms with van der Waals surface area (Å²) < 4.78 is 1.99. The van der Waals surface area contributed by atoms with E-state index in [2.05, 4.69) is 11.5 Å². The highest BCUT2D eigenvalue weighted by Gasteiger charge is 2.24. The summed E-state index contributed by atoms with van der Waals surface area (Å²) in [5.74, 6) is 0.723. The Labute approximate surface area is 104 Å². The van der Waals surface area contributed by atoms with Gasteiger partial charge in [-0.2, -0.15) is 5.10 Å². The predicted molar refractivity (Wildman–Crippen MR) is 68.9 cm³/mol. The van der Waals surface area contributed by atoms with E-state index in [9.17, 15) is 0 Å². The lowest BCUT2D eigenvalue weighted by Crippen LogP contribution is -2.17. The molecule has 94 valence electrons. The van der Waals surface area contributed by atoms with E-state index in [1.54, 1.807) is 0 Å². The standard InChI is InChI=1S/C14H23N3/c1-17-10-12(9-15-13-7-8-13)14(16-17)11-5-3-2-4-6-11/h10-11,13,15H,2-9H2,1H3. The molecule has 0 atom stereocenters. The Bertz CT molecular complexity index is 373. The maximum absolute atomic E-state index is 4.71. The third kappa shape index (κ3) is 2.71. The van der Waals surface area contributed by atoms with E-state index in [4.69, 9.17) is 5.10 Å². The van der Waals surface area contributed by atoms with Crippen LogP contribution in [0.3, 0.4) is 0 Å². The second-order valence-electron chi connectivity index (χ2n) is 5.70. The molecule has 0 saturated heterocycles. The SMILES string of the molecule is Cn1cc(CNC2CC2)c(C2CCCCC2)n1. The van der Waals surface area contributed by atoms with Crippen LogP contribution in [0.25, 0.3) is 0 Å². The molecule has 0 radical (unpaired) electrons. The maximum Gasteiger partial charge on any atom is 0.0700 e. The van der Waals surface area contributed by atoms with E-state index in [0.29, 0.717) is 0 Å². The fraction of sp³-hybridized carbons (Fsp3) is 0.786. The third-order valence-electron chi connectivity index (χ3n) is 4.09. The zero-order valence-electron chi connectivity index (χ0n) is 10.8. The van der Waals surface area contributed by atoms with E-state index >= 15 is 0 Å². The summed E-state index contributed by atoms with van der Waals surface area (Å²) in [6.45, 7) is 1.02. The molecule has 0 aliphatic heterocycles. The molecule has 1 aromatic rings. The molecule has 3 heteroatoms. The second-order valence-corrected chi connectivity index (χ2v) is 5.70. The zero-order chi connectivity index (χ0) is 11.7. The molecule has 1 heterocycles. The molecule has 2 aliphatic rings. The van der Waals surface area contributed by atoms with Crippen LogP contribution in [0, 0.1) is 0 Å². The van der Waals surface area contributed by atoms with Gasteiger partial charge in [-0.05, 0) is 25.7 Å². The minimum Gasteiger partial charge on any atom is -0.310 e. The summed E-state index contributed by atoms with van der Waals surface area (Å²) >= 11 is 0. The maximum atomic E-state index is 4.71. The quantitative estimate of drug-likeness (QED) is 0.866. The van der Waals surface area contributed by atoms with Crippen molar-refractivity contribution in [2.45, 2.75) is 63.5 Å². The number of hydrogen-bond acceptors (Lipinski definition) is 2. The summed E-state index contributed by atoms with van der Waals surface area (Å²) in [6, 6.07) is 0.786. The Morgan fingerprint density at radius 2 is 2.00 bits per heavy atom. The number of aryl methyl sites for hydroxylation is 1. The first-order valence-corrected chi connectivity index (χ1v) is 7.09. The van der Waals surface area contributed by atoms with Gasteiger partial charge < -0.3 is 5.32 Å². The molecule has 2 aliphatic carbocycles. The Hall–Kier alpha value is -0.830. The number of hydrogen-bond donors (Lipinski definition) is 1. The molecule has 17 heavy (non-hydrogen) atoms. The Balaban J connectivity index is 1.71. The molecule has 2 fully saturated rings. The van der Waals surface area contributed by atoms with Crippen LogP contribution in [-0.2, 0) is 13.6 Å². The van der Waals surface area contributed by atoms with Crippen molar-refractivity contribution in [2.24, 2.45) is 7.05 Å². The van der Waals surface area contributed by atoms with Gasteiger partial charge in [-0.15, -0.1) is 0 Å². The van der Waals surface area contributed by atoms with Crippen LogP contribution in [0.1, 0.15) is 62.1 Å². The minimum absolute atomic E-state index is 0.723. The monoisotopic (exact) mass is 233 g/mol. The largest absolute Gasteiger partial charge is 0.310 e. The number of nitrogens with one attached hydrogen (secondary N) is 1. The molecule has 0 bridgehead atoms. The van der Waals surface area contributed by atoms with E-state index in [1.165, 1.54) is 56.2 Å². The van der Waals surface area contributed by atoms with E-state index in [-0.39, 0.29) is 0 Å². The molecule has 0 amide bonds. The number of rotatable bonds is 4. The van der Waals surface area contributed by atoms with E-state index in [1.807, 2.05) is 11.7 Å². The van der Waals surface area contributed by atoms with Gasteiger partial charge in [0.25, 0.3) is 0 Å². The van der Waals surface area contributed by atoms with E-state index < -0.39 is 0 Å². The van der Waals surface area contributed by atoms with Crippen LogP contribution >= 0.6 is 0 Å². The highest BCUT2D eigenvalue weighted by molar-refractivity contribution is 5.21. The van der Waals surface area contributed by atoms with Crippen molar-refractivity contribution >= 4 is 0 Å². The fourth-order valence-corrected chi connectivity index (χ4v) is 2.95. The van der Waals surface area contributed by atoms with Gasteiger partial charge in [-0.3, -0.25) is 4.68 Å². The summed E-state index contributed by atoms with van der Waals surface area (Å²) in [4.78, 5) is 0. The van der Waals surface area contributed by atoms with Crippen molar-refractivity contribution < 1.29 is 0 Å². The summed E-state index contributed by atoms with van der Waals surface area (Å²) in [5, 5.41) is 8.32. The molecule has 3 rings (SSSR count). The molecular weight excluding hydrogens is 210 g/mol. The average molecular weight is 233 g/mol. The van der Waals surface area contributed by atoms with Gasteiger partial charge >= 0.3 is 0 Å². The van der Waals surface area contributed by atoms with Crippen LogP contribution in [0.5, 0.6) is 0 Å². The highest BCUT2D eigenvalue weighted by atomic mass is 15.3. The molecule has 0 unspecified atom stereocenters. The van der Waals surface area contributed by atoms with Crippen LogP contribution in [0.15, 0.2) is 6.20 Å². The average Bonchev–Trinajstić information content (AvgIpc) is 3.11. The van der Waals surface area contributed by atoms with Crippen molar-refractivity contribution in [1.29, 1.82) is 0 Å². The first-order chi connectivity index (χ1) is 8.33. The smallest absolute Gasteiger partial charge is 0.0700 e. The third-order valence-corrected chi connectivity index (χ3v) is 4.09. The molecule has 3 nitrogen and oxygen atoms in total. The van der Waals surface area contributed by atoms with Crippen molar-refractivity contribution in [1.82, 2.24) is 15.1 Å². The Kier molecular flexibility index (Phi) is 3.19. The van der Waals surface area contributed by atoms with Gasteiger partial charge in [-0.25, -0.2) is 0 Å². The summed E-state index contributed by atoms with van der Waals surface area (Å²) in [7, 11) is 2.05. The lowest BCUT2D eigenvalue weighted by molar-refractivity contribution is 0.431. The lowest BCUT2D eigenvalue weighted by Gasteiger charge is -2.21. The summed E-state index contributed by atoms with van der Waals surface area (Å²) in [5.41, 5.74) is 2.81. The number of aromatic nitrogens is 2. The van der Waals surface area contributed by atoms with Gasteiger partial charge in [0.2, 0.25) is 0 Å². The van der Waals surface area contributed by atoms with Crippen molar-refractivity contribution in [2.75, 3.05) is 0 Å². The second kappa shape index (κ2) is 4.81. The van der Waals surface area contributed by atoms with Crippen LogP contribution in [0.2, 0.25) is 0 Å².